The molecule has 1 N–H and O–H groups in total. The number of rotatable bonds is 2. The van der Waals surface area contributed by atoms with Crippen molar-refractivity contribution in [3.8, 4) is 0 Å². The number of carbonyl (C=O) groups excluding carboxylic acids is 2. The van der Waals surface area contributed by atoms with E-state index in [1.807, 2.05) is 18.2 Å². The van der Waals surface area contributed by atoms with Gasteiger partial charge in [-0.05, 0) is 24.3 Å². The van der Waals surface area contributed by atoms with Crippen molar-refractivity contribution < 1.29 is 9.59 Å². The van der Waals surface area contributed by atoms with Gasteiger partial charge in [-0.1, -0.05) is 29.8 Å². The van der Waals surface area contributed by atoms with Crippen LogP contribution in [0.15, 0.2) is 53.2 Å². The Morgan fingerprint density at radius 1 is 1.04 bits per heavy atom. The van der Waals surface area contributed by atoms with E-state index in [1.165, 1.54) is 0 Å². The van der Waals surface area contributed by atoms with Crippen molar-refractivity contribution in [3.05, 3.63) is 58.8 Å². The van der Waals surface area contributed by atoms with Crippen molar-refractivity contribution in [1.29, 1.82) is 0 Å². The summed E-state index contributed by atoms with van der Waals surface area (Å²) >= 11 is 12.1. The molecule has 1 saturated heterocycles. The number of halogens is 2. The molecular weight excluding hydrogens is 361 g/mol. The van der Waals surface area contributed by atoms with Gasteiger partial charge in [0.15, 0.2) is 0 Å². The van der Waals surface area contributed by atoms with E-state index in [4.69, 9.17) is 23.2 Å². The van der Waals surface area contributed by atoms with E-state index in [1.54, 1.807) is 34.1 Å². The molecule has 0 radical (unpaired) electrons. The number of piperazine rings is 1. The second-order valence-corrected chi connectivity index (χ2v) is 7.05. The molecule has 1 aromatic carbocycles. The standard InChI is InChI=1S/C18H19Cl2N3O2/c19-14-10-15(20)12-16(11-14)21-18(25)23-8-6-22(7-9-23)17(24)13-4-2-1-3-5-13/h1-5,11-12,14H,6-10H2,(H,21,25). The van der Waals surface area contributed by atoms with Crippen LogP contribution < -0.4 is 5.32 Å². The smallest absolute Gasteiger partial charge is 0.321 e. The zero-order chi connectivity index (χ0) is 17.8. The van der Waals surface area contributed by atoms with Crippen LogP contribution in [-0.4, -0.2) is 53.3 Å². The zero-order valence-corrected chi connectivity index (χ0v) is 15.1. The average molecular weight is 380 g/mol. The van der Waals surface area contributed by atoms with Gasteiger partial charge in [0, 0.05) is 48.9 Å². The van der Waals surface area contributed by atoms with Crippen molar-refractivity contribution in [2.24, 2.45) is 0 Å². The summed E-state index contributed by atoms with van der Waals surface area (Å²) in [7, 11) is 0. The minimum absolute atomic E-state index is 0.00431. The number of nitrogens with zero attached hydrogens (tertiary/aromatic N) is 2. The largest absolute Gasteiger partial charge is 0.335 e. The molecule has 0 saturated carbocycles. The van der Waals surface area contributed by atoms with E-state index in [9.17, 15) is 9.59 Å². The van der Waals surface area contributed by atoms with Crippen molar-refractivity contribution in [3.63, 3.8) is 0 Å². The van der Waals surface area contributed by atoms with Gasteiger partial charge in [0.2, 0.25) is 0 Å². The predicted octanol–water partition coefficient (Wildman–Crippen LogP) is 3.17. The van der Waals surface area contributed by atoms with Gasteiger partial charge in [0.25, 0.3) is 5.91 Å². The normalized spacial score (nSPS) is 20.6. The van der Waals surface area contributed by atoms with Gasteiger partial charge < -0.3 is 15.1 Å². The molecule has 1 atom stereocenters. The Morgan fingerprint density at radius 2 is 1.68 bits per heavy atom. The van der Waals surface area contributed by atoms with Crippen LogP contribution in [0.25, 0.3) is 0 Å². The minimum Gasteiger partial charge on any atom is -0.335 e. The molecule has 132 valence electrons. The second kappa shape index (κ2) is 7.93. The van der Waals surface area contributed by atoms with Crippen LogP contribution in [0.3, 0.4) is 0 Å². The first-order valence-electron chi connectivity index (χ1n) is 8.15. The summed E-state index contributed by atoms with van der Waals surface area (Å²) in [6, 6.07) is 8.97. The maximum absolute atomic E-state index is 12.4. The van der Waals surface area contributed by atoms with Gasteiger partial charge in [-0.15, -0.1) is 11.6 Å². The highest BCUT2D eigenvalue weighted by molar-refractivity contribution is 6.31. The lowest BCUT2D eigenvalue weighted by Crippen LogP contribution is -2.53. The molecule has 1 fully saturated rings. The summed E-state index contributed by atoms with van der Waals surface area (Å²) in [4.78, 5) is 28.3. The van der Waals surface area contributed by atoms with Crippen LogP contribution in [0, 0.1) is 0 Å². The van der Waals surface area contributed by atoms with Gasteiger partial charge in [-0.25, -0.2) is 4.79 Å². The number of alkyl halides is 1. The fraction of sp³-hybridized carbons (Fsp3) is 0.333. The van der Waals surface area contributed by atoms with Gasteiger partial charge in [0.1, 0.15) is 0 Å². The van der Waals surface area contributed by atoms with Crippen molar-refractivity contribution in [1.82, 2.24) is 15.1 Å². The first-order valence-corrected chi connectivity index (χ1v) is 8.96. The van der Waals surface area contributed by atoms with Crippen LogP contribution in [0.2, 0.25) is 0 Å². The first kappa shape index (κ1) is 17.8. The molecule has 1 aliphatic carbocycles. The second-order valence-electron chi connectivity index (χ2n) is 6.01. The zero-order valence-electron chi connectivity index (χ0n) is 13.6. The highest BCUT2D eigenvalue weighted by Gasteiger charge is 2.25. The summed E-state index contributed by atoms with van der Waals surface area (Å²) in [6.45, 7) is 1.99. The lowest BCUT2D eigenvalue weighted by Gasteiger charge is -2.35. The number of amides is 3. The Bertz CT molecular complexity index is 710. The van der Waals surface area contributed by atoms with E-state index in [-0.39, 0.29) is 17.3 Å². The van der Waals surface area contributed by atoms with E-state index in [0.717, 1.165) is 0 Å². The molecule has 0 spiro atoms. The lowest BCUT2D eigenvalue weighted by molar-refractivity contribution is 0.0666. The predicted molar refractivity (Wildman–Crippen MR) is 98.7 cm³/mol. The highest BCUT2D eigenvalue weighted by atomic mass is 35.5. The van der Waals surface area contributed by atoms with E-state index < -0.39 is 0 Å². The van der Waals surface area contributed by atoms with Crippen molar-refractivity contribution in [2.75, 3.05) is 26.2 Å². The number of hydrogen-bond acceptors (Lipinski definition) is 2. The minimum atomic E-state index is -0.215. The number of urea groups is 1. The molecule has 5 nitrogen and oxygen atoms in total. The Hall–Kier alpha value is -1.98. The Morgan fingerprint density at radius 3 is 2.32 bits per heavy atom. The summed E-state index contributed by atoms with van der Waals surface area (Å²) in [5, 5.41) is 3.23. The van der Waals surface area contributed by atoms with Gasteiger partial charge >= 0.3 is 6.03 Å². The van der Waals surface area contributed by atoms with Gasteiger partial charge in [0.05, 0.1) is 5.38 Å². The van der Waals surface area contributed by atoms with E-state index >= 15 is 0 Å². The molecule has 1 heterocycles. The third kappa shape index (κ3) is 4.55. The van der Waals surface area contributed by atoms with E-state index in [0.29, 0.717) is 48.9 Å². The molecule has 1 aromatic rings. The summed E-state index contributed by atoms with van der Waals surface area (Å²) in [6.07, 6.45) is 4.07. The van der Waals surface area contributed by atoms with Crippen LogP contribution in [0.4, 0.5) is 4.79 Å². The number of nitrogens with one attached hydrogen (secondary N) is 1. The van der Waals surface area contributed by atoms with Crippen LogP contribution in [0.5, 0.6) is 0 Å². The Balaban J connectivity index is 1.54. The summed E-state index contributed by atoms with van der Waals surface area (Å²) < 4.78 is 0. The van der Waals surface area contributed by atoms with Crippen LogP contribution in [-0.2, 0) is 0 Å². The Labute approximate surface area is 156 Å². The van der Waals surface area contributed by atoms with E-state index in [2.05, 4.69) is 5.32 Å². The maximum Gasteiger partial charge on any atom is 0.321 e. The molecule has 7 heteroatoms. The van der Waals surface area contributed by atoms with Crippen molar-refractivity contribution in [2.45, 2.75) is 11.8 Å². The number of hydrogen-bond donors (Lipinski definition) is 1. The summed E-state index contributed by atoms with van der Waals surface area (Å²) in [5.74, 6) is -0.00431. The topological polar surface area (TPSA) is 52.7 Å². The van der Waals surface area contributed by atoms with Crippen molar-refractivity contribution >= 4 is 35.1 Å². The molecule has 1 unspecified atom stereocenters. The highest BCUT2D eigenvalue weighted by Crippen LogP contribution is 2.23. The first-order chi connectivity index (χ1) is 12.0. The summed E-state index contributed by atoms with van der Waals surface area (Å²) in [5.41, 5.74) is 1.28. The lowest BCUT2D eigenvalue weighted by atomic mass is 10.1. The molecule has 2 aliphatic rings. The Kier molecular flexibility index (Phi) is 5.66. The average Bonchev–Trinajstić information content (AvgIpc) is 2.61. The SMILES string of the molecule is O=C(NC1=CC(Cl)CC(Cl)=C1)N1CCN(C(=O)c2ccccc2)CC1. The monoisotopic (exact) mass is 379 g/mol. The molecule has 3 amide bonds. The number of allylic oxidation sites excluding steroid dienone is 3. The third-order valence-electron chi connectivity index (χ3n) is 4.19. The molecule has 3 rings (SSSR count). The molecule has 0 aromatic heterocycles. The number of carbonyl (C=O) groups is 2. The van der Waals surface area contributed by atoms with Gasteiger partial charge in [-0.2, -0.15) is 0 Å². The van der Waals surface area contributed by atoms with Gasteiger partial charge in [-0.3, -0.25) is 4.79 Å². The fourth-order valence-electron chi connectivity index (χ4n) is 2.87. The van der Waals surface area contributed by atoms with Crippen LogP contribution in [0.1, 0.15) is 16.8 Å². The molecule has 0 bridgehead atoms. The van der Waals surface area contributed by atoms with Crippen LogP contribution >= 0.6 is 23.2 Å². The maximum atomic E-state index is 12.4. The fourth-order valence-corrected chi connectivity index (χ4v) is 3.54. The molecule has 1 aliphatic heterocycles. The molecule has 25 heavy (non-hydrogen) atoms. The number of benzene rings is 1. The molecular formula is C18H19Cl2N3O2. The third-order valence-corrected chi connectivity index (χ3v) is 4.73. The quantitative estimate of drug-likeness (QED) is 0.802.